The van der Waals surface area contributed by atoms with E-state index < -0.39 is 0 Å². The van der Waals surface area contributed by atoms with E-state index in [-0.39, 0.29) is 7.43 Å². The molecule has 20 heavy (non-hydrogen) atoms. The number of unbranched alkanes of at least 4 members (excludes halogenated alkanes) is 8. The summed E-state index contributed by atoms with van der Waals surface area (Å²) in [5.41, 5.74) is 4.78. The van der Waals surface area contributed by atoms with Gasteiger partial charge in [-0.3, -0.25) is 0 Å². The minimum absolute atomic E-state index is 0. The molecule has 0 spiro atoms. The first-order valence-corrected chi connectivity index (χ1v) is 8.51. The predicted octanol–water partition coefficient (Wildman–Crippen LogP) is 6.49. The molecule has 1 aromatic carbocycles. The fraction of sp³-hybridized carbons (Fsp3) is 0.700. The lowest BCUT2D eigenvalue weighted by molar-refractivity contribution is 0.564. The van der Waals surface area contributed by atoms with Gasteiger partial charge in [-0.05, 0) is 42.4 Å². The van der Waals surface area contributed by atoms with Crippen molar-refractivity contribution in [1.29, 1.82) is 0 Å². The van der Waals surface area contributed by atoms with Crippen molar-refractivity contribution in [3.8, 4) is 0 Å². The molecule has 0 heterocycles. The van der Waals surface area contributed by atoms with Crippen LogP contribution in [-0.4, -0.2) is 0 Å². The van der Waals surface area contributed by atoms with Gasteiger partial charge in [-0.15, -0.1) is 0 Å². The fourth-order valence-electron chi connectivity index (χ4n) is 3.04. The maximum atomic E-state index is 2.45. The number of hydrogen-bond acceptors (Lipinski definition) is 0. The number of rotatable bonds is 10. The summed E-state index contributed by atoms with van der Waals surface area (Å²) in [5.74, 6) is 0. The first-order chi connectivity index (χ1) is 9.40. The molecule has 0 N–H and O–H groups in total. The summed E-state index contributed by atoms with van der Waals surface area (Å²) < 4.78 is 0. The lowest BCUT2D eigenvalue weighted by Gasteiger charge is -2.19. The van der Waals surface area contributed by atoms with Crippen molar-refractivity contribution < 1.29 is 0 Å². The van der Waals surface area contributed by atoms with E-state index >= 15 is 0 Å². The molecule has 0 heteroatoms. The average molecular weight is 274 g/mol. The minimum Gasteiger partial charge on any atom is -0.0776 e. The van der Waals surface area contributed by atoms with Gasteiger partial charge in [0.1, 0.15) is 0 Å². The molecule has 0 unspecified atom stereocenters. The van der Waals surface area contributed by atoms with Crippen molar-refractivity contribution in [2.75, 3.05) is 0 Å². The lowest BCUT2D eigenvalue weighted by Crippen LogP contribution is -2.08. The summed E-state index contributed by atoms with van der Waals surface area (Å²) in [6.07, 6.45) is 16.8. The first-order valence-electron chi connectivity index (χ1n) is 8.51. The molecule has 0 bridgehead atoms. The Balaban J connectivity index is 0.00000200. The summed E-state index contributed by atoms with van der Waals surface area (Å²) in [4.78, 5) is 0. The smallest absolute Gasteiger partial charge is 0.0235 e. The summed E-state index contributed by atoms with van der Waals surface area (Å²) in [6, 6.07) is 7.15. The second-order valence-corrected chi connectivity index (χ2v) is 6.18. The molecule has 0 nitrogen and oxygen atoms in total. The van der Waals surface area contributed by atoms with Gasteiger partial charge < -0.3 is 0 Å². The number of fused-ring (bicyclic) bond motifs is 1. The van der Waals surface area contributed by atoms with Crippen LogP contribution < -0.4 is 0 Å². The largest absolute Gasteiger partial charge is 0.0776 e. The zero-order valence-electron chi connectivity index (χ0n) is 12.7. The van der Waals surface area contributed by atoms with Crippen molar-refractivity contribution in [1.82, 2.24) is 0 Å². The van der Waals surface area contributed by atoms with Crippen LogP contribution in [0.1, 0.15) is 88.8 Å². The van der Waals surface area contributed by atoms with Crippen molar-refractivity contribution in [3.05, 3.63) is 34.9 Å². The van der Waals surface area contributed by atoms with Gasteiger partial charge in [0.25, 0.3) is 0 Å². The van der Waals surface area contributed by atoms with E-state index in [1.54, 1.807) is 16.7 Å². The Morgan fingerprint density at radius 3 is 1.90 bits per heavy atom. The molecule has 2 rings (SSSR count). The van der Waals surface area contributed by atoms with Crippen LogP contribution in [0.3, 0.4) is 0 Å². The van der Waals surface area contributed by atoms with Crippen LogP contribution in [0.15, 0.2) is 18.2 Å². The van der Waals surface area contributed by atoms with Gasteiger partial charge in [0.05, 0.1) is 0 Å². The standard InChI is InChI=1S/C19H30.CH4/c1-2-3-4-5-6-7-8-9-10-11-17-12-13-18-14-15-19(18)16-17;/h12-13,16H,2-11,14-15H2,1H3;1H4. The molecule has 0 aromatic heterocycles. The molecule has 0 amide bonds. The molecule has 1 aliphatic rings. The molecule has 0 radical (unpaired) electrons. The maximum absolute atomic E-state index is 2.45. The Kier molecular flexibility index (Phi) is 8.65. The Morgan fingerprint density at radius 2 is 1.35 bits per heavy atom. The van der Waals surface area contributed by atoms with Crippen LogP contribution in [0.5, 0.6) is 0 Å². The third-order valence-corrected chi connectivity index (χ3v) is 4.50. The highest BCUT2D eigenvalue weighted by molar-refractivity contribution is 5.38. The number of hydrogen-bond donors (Lipinski definition) is 0. The summed E-state index contributed by atoms with van der Waals surface area (Å²) in [6.45, 7) is 2.29. The maximum Gasteiger partial charge on any atom is -0.0235 e. The number of aryl methyl sites for hydroxylation is 3. The second kappa shape index (κ2) is 10.0. The molecule has 1 aliphatic carbocycles. The van der Waals surface area contributed by atoms with E-state index in [4.69, 9.17) is 0 Å². The lowest BCUT2D eigenvalue weighted by atomic mass is 9.86. The molecule has 0 fully saturated rings. The minimum atomic E-state index is 0. The highest BCUT2D eigenvalue weighted by atomic mass is 14.2. The van der Waals surface area contributed by atoms with E-state index in [0.29, 0.717) is 0 Å². The highest BCUT2D eigenvalue weighted by Gasteiger charge is 2.12. The van der Waals surface area contributed by atoms with E-state index in [2.05, 4.69) is 25.1 Å². The van der Waals surface area contributed by atoms with E-state index in [1.807, 2.05) is 0 Å². The zero-order chi connectivity index (χ0) is 13.3. The van der Waals surface area contributed by atoms with Crippen molar-refractivity contribution >= 4 is 0 Å². The second-order valence-electron chi connectivity index (χ2n) is 6.18. The van der Waals surface area contributed by atoms with Gasteiger partial charge in [-0.1, -0.05) is 83.9 Å². The Hall–Kier alpha value is -0.780. The normalized spacial score (nSPS) is 12.4. The Morgan fingerprint density at radius 1 is 0.750 bits per heavy atom. The molecule has 0 atom stereocenters. The van der Waals surface area contributed by atoms with Gasteiger partial charge in [-0.25, -0.2) is 0 Å². The third kappa shape index (κ3) is 5.69. The molecular formula is C20H34. The highest BCUT2D eigenvalue weighted by Crippen LogP contribution is 2.24. The topological polar surface area (TPSA) is 0 Å². The summed E-state index contributed by atoms with van der Waals surface area (Å²) in [7, 11) is 0. The molecule has 0 aliphatic heterocycles. The van der Waals surface area contributed by atoms with Crippen LogP contribution in [0.4, 0.5) is 0 Å². The van der Waals surface area contributed by atoms with Crippen LogP contribution in [0.25, 0.3) is 0 Å². The van der Waals surface area contributed by atoms with Crippen molar-refractivity contribution in [2.45, 2.75) is 91.4 Å². The fourth-order valence-corrected chi connectivity index (χ4v) is 3.04. The van der Waals surface area contributed by atoms with E-state index in [1.165, 1.54) is 77.0 Å². The van der Waals surface area contributed by atoms with Crippen LogP contribution in [-0.2, 0) is 19.3 Å². The van der Waals surface area contributed by atoms with Gasteiger partial charge in [0.15, 0.2) is 0 Å². The monoisotopic (exact) mass is 274 g/mol. The molecule has 0 saturated heterocycles. The van der Waals surface area contributed by atoms with Crippen LogP contribution in [0.2, 0.25) is 0 Å². The molecule has 0 saturated carbocycles. The SMILES string of the molecule is C.CCCCCCCCCCCc1ccc2c(c1)CC2. The van der Waals surface area contributed by atoms with Crippen molar-refractivity contribution in [3.63, 3.8) is 0 Å². The van der Waals surface area contributed by atoms with Gasteiger partial charge in [-0.2, -0.15) is 0 Å². The van der Waals surface area contributed by atoms with Crippen molar-refractivity contribution in [2.24, 2.45) is 0 Å². The third-order valence-electron chi connectivity index (χ3n) is 4.50. The summed E-state index contributed by atoms with van der Waals surface area (Å²) in [5, 5.41) is 0. The first kappa shape index (κ1) is 17.3. The van der Waals surface area contributed by atoms with E-state index in [9.17, 15) is 0 Å². The van der Waals surface area contributed by atoms with Gasteiger partial charge >= 0.3 is 0 Å². The predicted molar refractivity (Wildman–Crippen MR) is 91.5 cm³/mol. The Bertz CT molecular complexity index is 364. The molecular weight excluding hydrogens is 240 g/mol. The zero-order valence-corrected chi connectivity index (χ0v) is 12.7. The van der Waals surface area contributed by atoms with Crippen LogP contribution in [0, 0.1) is 0 Å². The molecule has 114 valence electrons. The van der Waals surface area contributed by atoms with E-state index in [0.717, 1.165) is 0 Å². The van der Waals surface area contributed by atoms with Crippen LogP contribution >= 0.6 is 0 Å². The Labute approximate surface area is 127 Å². The number of benzene rings is 1. The summed E-state index contributed by atoms with van der Waals surface area (Å²) >= 11 is 0. The molecule has 1 aromatic rings. The van der Waals surface area contributed by atoms with Gasteiger partial charge in [0, 0.05) is 0 Å². The van der Waals surface area contributed by atoms with Gasteiger partial charge in [0.2, 0.25) is 0 Å². The quantitative estimate of drug-likeness (QED) is 0.427. The average Bonchev–Trinajstić information content (AvgIpc) is 2.39.